The fourth-order valence-corrected chi connectivity index (χ4v) is 0.453. The van der Waals surface area contributed by atoms with Crippen molar-refractivity contribution in [2.24, 2.45) is 0 Å². The number of esters is 1. The highest BCUT2D eigenvalue weighted by Gasteiger charge is 2.06. The smallest absolute Gasteiger partial charge is 0.378 e. The Morgan fingerprint density at radius 2 is 2.20 bits per heavy atom. The van der Waals surface area contributed by atoms with Crippen LogP contribution in [0, 0.1) is 0 Å². The summed E-state index contributed by atoms with van der Waals surface area (Å²) < 4.78 is 9.07. The van der Waals surface area contributed by atoms with Crippen LogP contribution in [0.4, 0.5) is 0 Å². The second kappa shape index (κ2) is 4.61. The second-order valence-corrected chi connectivity index (χ2v) is 1.43. The van der Waals surface area contributed by atoms with Crippen molar-refractivity contribution < 1.29 is 14.3 Å². The first-order chi connectivity index (χ1) is 4.76. The van der Waals surface area contributed by atoms with Gasteiger partial charge in [-0.2, -0.15) is 0 Å². The molecular formula is C7H10O3. The van der Waals surface area contributed by atoms with Crippen molar-refractivity contribution in [3.05, 3.63) is 24.7 Å². The van der Waals surface area contributed by atoms with Crippen molar-refractivity contribution in [2.75, 3.05) is 7.11 Å². The largest absolute Gasteiger partial charge is 0.490 e. The fourth-order valence-electron chi connectivity index (χ4n) is 0.453. The Hall–Kier alpha value is -1.25. The predicted molar refractivity (Wildman–Crippen MR) is 37.1 cm³/mol. The zero-order chi connectivity index (χ0) is 7.98. The quantitative estimate of drug-likeness (QED) is 0.337. The predicted octanol–water partition coefficient (Wildman–Crippen LogP) is 1.22. The molecule has 0 amide bonds. The van der Waals surface area contributed by atoms with Crippen molar-refractivity contribution in [3.63, 3.8) is 0 Å². The third kappa shape index (κ3) is 2.35. The number of hydrogen-bond acceptors (Lipinski definition) is 3. The Bertz CT molecular complexity index is 158. The Labute approximate surface area is 59.9 Å². The van der Waals surface area contributed by atoms with Gasteiger partial charge in [0.25, 0.3) is 0 Å². The Balaban J connectivity index is 4.03. The zero-order valence-electron chi connectivity index (χ0n) is 6.09. The zero-order valence-corrected chi connectivity index (χ0v) is 6.09. The summed E-state index contributed by atoms with van der Waals surface area (Å²) in [5.74, 6) is -0.347. The molecule has 3 heteroatoms. The molecule has 56 valence electrons. The summed E-state index contributed by atoms with van der Waals surface area (Å²) in [6.45, 7) is 4.91. The molecule has 0 unspecified atom stereocenters. The topological polar surface area (TPSA) is 35.5 Å². The normalized spacial score (nSPS) is 10.4. The molecule has 0 bridgehead atoms. The molecule has 0 aromatic carbocycles. The van der Waals surface area contributed by atoms with Crippen molar-refractivity contribution in [1.82, 2.24) is 0 Å². The molecule has 0 saturated heterocycles. The minimum absolute atomic E-state index is 0.180. The molecule has 0 fully saturated rings. The average Bonchev–Trinajstić information content (AvgIpc) is 1.91. The molecule has 0 saturated carbocycles. The Morgan fingerprint density at radius 3 is 2.50 bits per heavy atom. The van der Waals surface area contributed by atoms with E-state index in [1.165, 1.54) is 13.2 Å². The molecule has 0 aliphatic rings. The molecule has 0 aromatic heterocycles. The molecule has 0 aliphatic carbocycles. The van der Waals surface area contributed by atoms with Gasteiger partial charge in [0.15, 0.2) is 5.76 Å². The van der Waals surface area contributed by atoms with Crippen LogP contribution in [0.3, 0.4) is 0 Å². The Kier molecular flexibility index (Phi) is 4.04. The monoisotopic (exact) mass is 142 g/mol. The molecular weight excluding hydrogens is 132 g/mol. The van der Waals surface area contributed by atoms with Gasteiger partial charge in [-0.1, -0.05) is 6.58 Å². The lowest BCUT2D eigenvalue weighted by Gasteiger charge is -2.00. The first-order valence-corrected chi connectivity index (χ1v) is 2.78. The lowest BCUT2D eigenvalue weighted by molar-refractivity contribution is -0.137. The SMILES string of the molecule is C=COC(=O)C(=CC)OC. The molecule has 0 heterocycles. The lowest BCUT2D eigenvalue weighted by Crippen LogP contribution is -2.04. The van der Waals surface area contributed by atoms with Crippen LogP contribution in [0.25, 0.3) is 0 Å². The molecule has 0 aliphatic heterocycles. The van der Waals surface area contributed by atoms with E-state index in [1.807, 2.05) is 0 Å². The highest BCUT2D eigenvalue weighted by molar-refractivity contribution is 5.86. The molecule has 0 N–H and O–H groups in total. The summed E-state index contributed by atoms with van der Waals surface area (Å²) in [5.41, 5.74) is 0. The number of rotatable bonds is 3. The average molecular weight is 142 g/mol. The highest BCUT2D eigenvalue weighted by Crippen LogP contribution is 1.97. The van der Waals surface area contributed by atoms with E-state index in [2.05, 4.69) is 16.1 Å². The minimum atomic E-state index is -0.528. The van der Waals surface area contributed by atoms with Crippen LogP contribution < -0.4 is 0 Å². The van der Waals surface area contributed by atoms with Crippen LogP contribution in [0.1, 0.15) is 6.92 Å². The third-order valence-electron chi connectivity index (χ3n) is 0.874. The summed E-state index contributed by atoms with van der Waals surface area (Å²) in [5, 5.41) is 0. The van der Waals surface area contributed by atoms with Crippen LogP contribution in [-0.4, -0.2) is 13.1 Å². The van der Waals surface area contributed by atoms with Crippen LogP contribution >= 0.6 is 0 Å². The molecule has 0 spiro atoms. The van der Waals surface area contributed by atoms with Gasteiger partial charge in [-0.05, 0) is 13.0 Å². The molecule has 3 nitrogen and oxygen atoms in total. The summed E-state index contributed by atoms with van der Waals surface area (Å²) >= 11 is 0. The standard InChI is InChI=1S/C7H10O3/c1-4-6(9-3)7(8)10-5-2/h4-5H,2H2,1,3H3. The Morgan fingerprint density at radius 1 is 1.60 bits per heavy atom. The van der Waals surface area contributed by atoms with E-state index in [9.17, 15) is 4.79 Å². The van der Waals surface area contributed by atoms with Crippen molar-refractivity contribution in [3.8, 4) is 0 Å². The fraction of sp³-hybridized carbons (Fsp3) is 0.286. The maximum atomic E-state index is 10.7. The van der Waals surface area contributed by atoms with E-state index in [1.54, 1.807) is 6.92 Å². The maximum absolute atomic E-state index is 10.7. The van der Waals surface area contributed by atoms with Crippen molar-refractivity contribution in [1.29, 1.82) is 0 Å². The van der Waals surface area contributed by atoms with Gasteiger partial charge in [-0.3, -0.25) is 0 Å². The summed E-state index contributed by atoms with van der Waals surface area (Å²) in [6, 6.07) is 0. The molecule has 0 atom stereocenters. The van der Waals surface area contributed by atoms with E-state index in [0.717, 1.165) is 6.26 Å². The molecule has 10 heavy (non-hydrogen) atoms. The number of carbonyl (C=O) groups excluding carboxylic acids is 1. The molecule has 0 rings (SSSR count). The van der Waals surface area contributed by atoms with Crippen LogP contribution in [0.15, 0.2) is 24.7 Å². The highest BCUT2D eigenvalue weighted by atomic mass is 16.6. The molecule has 0 aromatic rings. The van der Waals surface area contributed by atoms with Crippen LogP contribution in [-0.2, 0) is 14.3 Å². The molecule has 0 radical (unpaired) electrons. The number of allylic oxidation sites excluding steroid dienone is 1. The van der Waals surface area contributed by atoms with Crippen LogP contribution in [0.5, 0.6) is 0 Å². The van der Waals surface area contributed by atoms with Gasteiger partial charge in [0.1, 0.15) is 0 Å². The van der Waals surface area contributed by atoms with Gasteiger partial charge in [0, 0.05) is 0 Å². The van der Waals surface area contributed by atoms with E-state index < -0.39 is 5.97 Å². The van der Waals surface area contributed by atoms with Gasteiger partial charge in [-0.25, -0.2) is 4.79 Å². The van der Waals surface area contributed by atoms with Crippen molar-refractivity contribution >= 4 is 5.97 Å². The lowest BCUT2D eigenvalue weighted by atomic mass is 10.5. The number of methoxy groups -OCH3 is 1. The van der Waals surface area contributed by atoms with E-state index in [0.29, 0.717) is 0 Å². The first-order valence-electron chi connectivity index (χ1n) is 2.78. The van der Waals surface area contributed by atoms with Gasteiger partial charge < -0.3 is 9.47 Å². The number of hydrogen-bond donors (Lipinski definition) is 0. The van der Waals surface area contributed by atoms with Gasteiger partial charge in [0.05, 0.1) is 13.4 Å². The summed E-state index contributed by atoms with van der Waals surface area (Å²) in [6.07, 6.45) is 2.58. The minimum Gasteiger partial charge on any atom is -0.490 e. The second-order valence-electron chi connectivity index (χ2n) is 1.43. The van der Waals surface area contributed by atoms with Crippen LogP contribution in [0.2, 0.25) is 0 Å². The summed E-state index contributed by atoms with van der Waals surface area (Å²) in [7, 11) is 1.40. The van der Waals surface area contributed by atoms with E-state index in [4.69, 9.17) is 0 Å². The third-order valence-corrected chi connectivity index (χ3v) is 0.874. The van der Waals surface area contributed by atoms with Gasteiger partial charge in [0.2, 0.25) is 0 Å². The first kappa shape index (κ1) is 8.75. The maximum Gasteiger partial charge on any atom is 0.378 e. The van der Waals surface area contributed by atoms with Gasteiger partial charge in [-0.15, -0.1) is 0 Å². The van der Waals surface area contributed by atoms with E-state index >= 15 is 0 Å². The summed E-state index contributed by atoms with van der Waals surface area (Å²) in [4.78, 5) is 10.7. The van der Waals surface area contributed by atoms with Crippen molar-refractivity contribution in [2.45, 2.75) is 6.92 Å². The number of carbonyl (C=O) groups is 1. The number of ether oxygens (including phenoxy) is 2. The van der Waals surface area contributed by atoms with Gasteiger partial charge >= 0.3 is 5.97 Å². The van der Waals surface area contributed by atoms with E-state index in [-0.39, 0.29) is 5.76 Å².